The highest BCUT2D eigenvalue weighted by Crippen LogP contribution is 2.23. The Labute approximate surface area is 125 Å². The molecule has 0 fully saturated rings. The second-order valence-electron chi connectivity index (χ2n) is 5.31. The Balaban J connectivity index is 2.14. The molecule has 0 spiro atoms. The van der Waals surface area contributed by atoms with E-state index >= 15 is 0 Å². The Morgan fingerprint density at radius 3 is 2.29 bits per heavy atom. The lowest BCUT2D eigenvalue weighted by molar-refractivity contribution is 0.0785. The highest BCUT2D eigenvalue weighted by Gasteiger charge is 2.13. The molecule has 2 aromatic rings. The third-order valence-corrected chi connectivity index (χ3v) is 3.37. The number of carbonyl (C=O) groups is 1. The van der Waals surface area contributed by atoms with E-state index in [1.54, 1.807) is 18.0 Å². The molecular weight excluding hydrogens is 262 g/mol. The van der Waals surface area contributed by atoms with Gasteiger partial charge in [0, 0.05) is 33.3 Å². The summed E-state index contributed by atoms with van der Waals surface area (Å²) in [6.45, 7) is 0.578. The fourth-order valence-corrected chi connectivity index (χ4v) is 2.24. The molecule has 0 saturated heterocycles. The molecule has 0 atom stereocenters. The summed E-state index contributed by atoms with van der Waals surface area (Å²) in [7, 11) is 5.65. The summed E-state index contributed by atoms with van der Waals surface area (Å²) in [6, 6.07) is 15.3. The minimum Gasteiger partial charge on any atom is -0.397 e. The minimum atomic E-state index is -0.0316. The first-order chi connectivity index (χ1) is 9.99. The second kappa shape index (κ2) is 6.31. The van der Waals surface area contributed by atoms with Crippen molar-refractivity contribution in [1.82, 2.24) is 4.90 Å². The molecule has 2 N–H and O–H groups in total. The van der Waals surface area contributed by atoms with Crippen molar-refractivity contribution >= 4 is 17.3 Å². The molecule has 0 bridgehead atoms. The Hall–Kier alpha value is -2.49. The predicted molar refractivity (Wildman–Crippen MR) is 87.4 cm³/mol. The first kappa shape index (κ1) is 14.9. The number of hydrogen-bond donors (Lipinski definition) is 1. The van der Waals surface area contributed by atoms with Crippen LogP contribution in [0.2, 0.25) is 0 Å². The first-order valence-corrected chi connectivity index (χ1v) is 6.85. The van der Waals surface area contributed by atoms with Gasteiger partial charge in [0.1, 0.15) is 0 Å². The van der Waals surface area contributed by atoms with Gasteiger partial charge in [0.2, 0.25) is 0 Å². The van der Waals surface area contributed by atoms with E-state index in [4.69, 9.17) is 5.73 Å². The fraction of sp³-hybridized carbons (Fsp3) is 0.235. The van der Waals surface area contributed by atoms with Gasteiger partial charge in [-0.15, -0.1) is 0 Å². The number of anilines is 2. The largest absolute Gasteiger partial charge is 0.397 e. The van der Waals surface area contributed by atoms with Crippen LogP contribution in [0.25, 0.3) is 0 Å². The summed E-state index contributed by atoms with van der Waals surface area (Å²) in [5.41, 5.74) is 9.24. The van der Waals surface area contributed by atoms with Crippen LogP contribution in [0.5, 0.6) is 0 Å². The van der Waals surface area contributed by atoms with Gasteiger partial charge in [-0.2, -0.15) is 0 Å². The van der Waals surface area contributed by atoms with Crippen LogP contribution < -0.4 is 10.6 Å². The molecule has 21 heavy (non-hydrogen) atoms. The van der Waals surface area contributed by atoms with Crippen LogP contribution in [-0.4, -0.2) is 32.0 Å². The molecule has 4 heteroatoms. The number of hydrogen-bond acceptors (Lipinski definition) is 3. The zero-order valence-electron chi connectivity index (χ0n) is 12.7. The zero-order chi connectivity index (χ0) is 15.4. The van der Waals surface area contributed by atoms with Crippen LogP contribution in [0.4, 0.5) is 11.4 Å². The van der Waals surface area contributed by atoms with Crippen molar-refractivity contribution in [2.24, 2.45) is 0 Å². The highest BCUT2D eigenvalue weighted by molar-refractivity contribution is 5.96. The number of nitrogens with zero attached hydrogens (tertiary/aromatic N) is 2. The predicted octanol–water partition coefficient (Wildman–Crippen LogP) is 2.61. The number of carbonyl (C=O) groups excluding carboxylic acids is 1. The van der Waals surface area contributed by atoms with E-state index in [0.29, 0.717) is 17.8 Å². The number of nitrogens with two attached hydrogens (primary N) is 1. The number of rotatable bonds is 4. The second-order valence-corrected chi connectivity index (χ2v) is 5.31. The van der Waals surface area contributed by atoms with Crippen LogP contribution in [0.3, 0.4) is 0 Å². The lowest BCUT2D eigenvalue weighted by Gasteiger charge is -2.19. The van der Waals surface area contributed by atoms with Gasteiger partial charge in [-0.3, -0.25) is 4.79 Å². The molecular formula is C17H21N3O. The smallest absolute Gasteiger partial charge is 0.253 e. The molecule has 4 nitrogen and oxygen atoms in total. The van der Waals surface area contributed by atoms with Crippen LogP contribution in [0, 0.1) is 0 Å². The Morgan fingerprint density at radius 2 is 1.71 bits per heavy atom. The van der Waals surface area contributed by atoms with Gasteiger partial charge in [-0.05, 0) is 23.8 Å². The molecule has 0 radical (unpaired) electrons. The third kappa shape index (κ3) is 3.54. The maximum atomic E-state index is 12.4. The average Bonchev–Trinajstić information content (AvgIpc) is 2.47. The molecule has 0 unspecified atom stereocenters. The quantitative estimate of drug-likeness (QED) is 0.878. The minimum absolute atomic E-state index is 0.0316. The normalized spacial score (nSPS) is 10.2. The highest BCUT2D eigenvalue weighted by atomic mass is 16.2. The number of amides is 1. The fourth-order valence-electron chi connectivity index (χ4n) is 2.24. The maximum Gasteiger partial charge on any atom is 0.253 e. The van der Waals surface area contributed by atoms with Gasteiger partial charge in [0.25, 0.3) is 5.91 Å². The molecule has 0 saturated carbocycles. The third-order valence-electron chi connectivity index (χ3n) is 3.37. The Morgan fingerprint density at radius 1 is 1.05 bits per heavy atom. The van der Waals surface area contributed by atoms with Crippen LogP contribution in [0.1, 0.15) is 15.9 Å². The van der Waals surface area contributed by atoms with E-state index in [1.165, 1.54) is 0 Å². The molecule has 0 aromatic heterocycles. The summed E-state index contributed by atoms with van der Waals surface area (Å²) in [4.78, 5) is 16.1. The topological polar surface area (TPSA) is 49.6 Å². The SMILES string of the molecule is CN(Cc1ccccc1)C(=O)c1ccc(N(C)C)c(N)c1. The van der Waals surface area contributed by atoms with E-state index < -0.39 is 0 Å². The molecule has 1 amide bonds. The van der Waals surface area contributed by atoms with Crippen LogP contribution in [-0.2, 0) is 6.54 Å². The van der Waals surface area contributed by atoms with Crippen molar-refractivity contribution in [2.45, 2.75) is 6.54 Å². The van der Waals surface area contributed by atoms with E-state index in [9.17, 15) is 4.79 Å². The monoisotopic (exact) mass is 283 g/mol. The van der Waals surface area contributed by atoms with Crippen LogP contribution in [0.15, 0.2) is 48.5 Å². The average molecular weight is 283 g/mol. The number of benzene rings is 2. The summed E-state index contributed by atoms with van der Waals surface area (Å²) < 4.78 is 0. The van der Waals surface area contributed by atoms with E-state index in [-0.39, 0.29) is 5.91 Å². The van der Waals surface area contributed by atoms with E-state index in [2.05, 4.69) is 0 Å². The Kier molecular flexibility index (Phi) is 4.48. The van der Waals surface area contributed by atoms with Gasteiger partial charge in [-0.25, -0.2) is 0 Å². The summed E-state index contributed by atoms with van der Waals surface area (Å²) in [5.74, 6) is -0.0316. The molecule has 0 aliphatic rings. The van der Waals surface area contributed by atoms with Crippen molar-refractivity contribution in [3.8, 4) is 0 Å². The van der Waals surface area contributed by atoms with Crippen LogP contribution >= 0.6 is 0 Å². The summed E-state index contributed by atoms with van der Waals surface area (Å²) >= 11 is 0. The van der Waals surface area contributed by atoms with Gasteiger partial charge < -0.3 is 15.5 Å². The zero-order valence-corrected chi connectivity index (χ0v) is 12.7. The van der Waals surface area contributed by atoms with E-state index in [0.717, 1.165) is 11.3 Å². The van der Waals surface area contributed by atoms with Gasteiger partial charge in [0.05, 0.1) is 11.4 Å². The molecule has 2 aromatic carbocycles. The molecule has 0 heterocycles. The molecule has 110 valence electrons. The lowest BCUT2D eigenvalue weighted by atomic mass is 10.1. The molecule has 2 rings (SSSR count). The van der Waals surface area contributed by atoms with Crippen molar-refractivity contribution in [1.29, 1.82) is 0 Å². The first-order valence-electron chi connectivity index (χ1n) is 6.85. The summed E-state index contributed by atoms with van der Waals surface area (Å²) in [5, 5.41) is 0. The molecule has 0 aliphatic heterocycles. The van der Waals surface area contributed by atoms with Gasteiger partial charge >= 0.3 is 0 Å². The maximum absolute atomic E-state index is 12.4. The van der Waals surface area contributed by atoms with Crippen molar-refractivity contribution in [2.75, 3.05) is 31.8 Å². The van der Waals surface area contributed by atoms with Gasteiger partial charge in [0.15, 0.2) is 0 Å². The summed E-state index contributed by atoms with van der Waals surface area (Å²) in [6.07, 6.45) is 0. The number of nitrogen functional groups attached to an aromatic ring is 1. The van der Waals surface area contributed by atoms with Crippen molar-refractivity contribution in [3.05, 3.63) is 59.7 Å². The lowest BCUT2D eigenvalue weighted by Crippen LogP contribution is -2.26. The van der Waals surface area contributed by atoms with E-state index in [1.807, 2.05) is 61.5 Å². The van der Waals surface area contributed by atoms with Crippen molar-refractivity contribution in [3.63, 3.8) is 0 Å². The Bertz CT molecular complexity index is 623. The standard InChI is InChI=1S/C17H21N3O/c1-19(2)16-10-9-14(11-15(16)18)17(21)20(3)12-13-7-5-4-6-8-13/h4-11H,12,18H2,1-3H3. The van der Waals surface area contributed by atoms with Gasteiger partial charge in [-0.1, -0.05) is 30.3 Å². The van der Waals surface area contributed by atoms with Crippen molar-refractivity contribution < 1.29 is 4.79 Å². The molecule has 0 aliphatic carbocycles.